The highest BCUT2D eigenvalue weighted by Gasteiger charge is 2.53. The van der Waals surface area contributed by atoms with Crippen LogP contribution in [0.5, 0.6) is 0 Å². The second-order valence-electron chi connectivity index (χ2n) is 9.43. The van der Waals surface area contributed by atoms with Crippen LogP contribution in [0.2, 0.25) is 0 Å². The Labute approximate surface area is 189 Å². The van der Waals surface area contributed by atoms with Gasteiger partial charge in [-0.25, -0.2) is 4.98 Å². The number of H-pyrrole nitrogens is 1. The molecule has 6 nitrogen and oxygen atoms in total. The second-order valence-corrected chi connectivity index (χ2v) is 9.43. The van der Waals surface area contributed by atoms with E-state index >= 15 is 0 Å². The van der Waals surface area contributed by atoms with Gasteiger partial charge < -0.3 is 20.3 Å². The van der Waals surface area contributed by atoms with Gasteiger partial charge in [0.1, 0.15) is 5.82 Å². The zero-order valence-electron chi connectivity index (χ0n) is 18.6. The summed E-state index contributed by atoms with van der Waals surface area (Å²) in [6.45, 7) is 3.29. The number of amides is 1. The number of imidazole rings is 1. The number of aromatic amines is 1. The van der Waals surface area contributed by atoms with E-state index in [-0.39, 0.29) is 17.9 Å². The molecule has 1 amide bonds. The number of piperidine rings is 2. The Bertz CT molecular complexity index is 1050. The Morgan fingerprint density at radius 3 is 2.75 bits per heavy atom. The highest BCUT2D eigenvalue weighted by Crippen LogP contribution is 2.47. The topological polar surface area (TPSA) is 81.2 Å². The molecule has 0 spiro atoms. The lowest BCUT2D eigenvalue weighted by molar-refractivity contribution is -0.147. The first-order valence-corrected chi connectivity index (χ1v) is 11.8. The number of aryl methyl sites for hydroxylation is 1. The third-order valence-corrected chi connectivity index (χ3v) is 7.53. The van der Waals surface area contributed by atoms with E-state index in [1.165, 1.54) is 5.69 Å². The molecule has 4 atom stereocenters. The predicted molar refractivity (Wildman–Crippen MR) is 126 cm³/mol. The molecule has 3 heterocycles. The SMILES string of the molecule is CC(C(=O)NCCCc1nc2ccccc2[nH]1)C1(O)CC2CCC1CN2c1ccccc1. The van der Waals surface area contributed by atoms with Gasteiger partial charge in [0.25, 0.3) is 0 Å². The van der Waals surface area contributed by atoms with Crippen LogP contribution in [0.1, 0.15) is 38.4 Å². The fraction of sp³-hybridized carbons (Fsp3) is 0.462. The molecule has 4 unspecified atom stereocenters. The summed E-state index contributed by atoms with van der Waals surface area (Å²) >= 11 is 0. The number of aliphatic hydroxyl groups is 1. The number of benzene rings is 2. The Kier molecular flexibility index (Phi) is 5.64. The van der Waals surface area contributed by atoms with Gasteiger partial charge in [0, 0.05) is 37.2 Å². The normalized spacial score (nSPS) is 25.8. The molecule has 168 valence electrons. The van der Waals surface area contributed by atoms with E-state index in [1.54, 1.807) is 0 Å². The number of fused-ring (bicyclic) bond motifs is 4. The molecule has 1 aromatic heterocycles. The maximum absolute atomic E-state index is 12.9. The monoisotopic (exact) mass is 432 g/mol. The van der Waals surface area contributed by atoms with E-state index in [2.05, 4.69) is 44.5 Å². The van der Waals surface area contributed by atoms with Gasteiger partial charge >= 0.3 is 0 Å². The molecular formula is C26H32N4O2. The minimum Gasteiger partial charge on any atom is -0.389 e. The fourth-order valence-electron chi connectivity index (χ4n) is 5.63. The summed E-state index contributed by atoms with van der Waals surface area (Å²) in [5.41, 5.74) is 2.29. The molecule has 0 radical (unpaired) electrons. The van der Waals surface area contributed by atoms with Crippen molar-refractivity contribution in [1.82, 2.24) is 15.3 Å². The van der Waals surface area contributed by atoms with E-state index in [1.807, 2.05) is 37.3 Å². The van der Waals surface area contributed by atoms with Crippen molar-refractivity contribution in [3.05, 3.63) is 60.4 Å². The molecule has 3 aliphatic rings. The second kappa shape index (κ2) is 8.58. The lowest BCUT2D eigenvalue weighted by Crippen LogP contribution is -2.64. The molecule has 3 aromatic rings. The number of hydrogen-bond donors (Lipinski definition) is 3. The van der Waals surface area contributed by atoms with Crippen LogP contribution in [0.15, 0.2) is 54.6 Å². The average molecular weight is 433 g/mol. The van der Waals surface area contributed by atoms with Crippen molar-refractivity contribution in [2.24, 2.45) is 11.8 Å². The first kappa shape index (κ1) is 21.0. The molecular weight excluding hydrogens is 400 g/mol. The lowest BCUT2D eigenvalue weighted by Gasteiger charge is -2.56. The van der Waals surface area contributed by atoms with Gasteiger partial charge in [0.05, 0.1) is 22.6 Å². The van der Waals surface area contributed by atoms with Crippen molar-refractivity contribution >= 4 is 22.6 Å². The fourth-order valence-corrected chi connectivity index (χ4v) is 5.63. The van der Waals surface area contributed by atoms with Crippen molar-refractivity contribution in [3.8, 4) is 0 Å². The van der Waals surface area contributed by atoms with Crippen molar-refractivity contribution in [3.63, 3.8) is 0 Å². The average Bonchev–Trinajstić information content (AvgIpc) is 3.25. The van der Waals surface area contributed by atoms with Gasteiger partial charge in [-0.15, -0.1) is 0 Å². The standard InChI is InChI=1S/C26H32N4O2/c1-18(25(31)27-15-7-12-24-28-22-10-5-6-11-23(22)29-24)26(32)16-21-14-13-19(26)17-30(21)20-8-3-2-4-9-20/h2-6,8-11,18-19,21,32H,7,12-17H2,1H3,(H,27,31)(H,28,29). The highest BCUT2D eigenvalue weighted by atomic mass is 16.3. The van der Waals surface area contributed by atoms with Gasteiger partial charge in [0.15, 0.2) is 0 Å². The number of aromatic nitrogens is 2. The van der Waals surface area contributed by atoms with Crippen LogP contribution in [0.4, 0.5) is 5.69 Å². The maximum atomic E-state index is 12.9. The van der Waals surface area contributed by atoms with E-state index in [0.717, 1.165) is 49.1 Å². The zero-order chi connectivity index (χ0) is 22.1. The van der Waals surface area contributed by atoms with Crippen LogP contribution < -0.4 is 10.2 Å². The quantitative estimate of drug-likeness (QED) is 0.498. The third kappa shape index (κ3) is 3.88. The van der Waals surface area contributed by atoms with Crippen LogP contribution in [0.25, 0.3) is 11.0 Å². The van der Waals surface area contributed by atoms with Crippen LogP contribution in [0, 0.1) is 11.8 Å². The van der Waals surface area contributed by atoms with Gasteiger partial charge in [-0.3, -0.25) is 4.79 Å². The Balaban J connectivity index is 1.15. The van der Waals surface area contributed by atoms with E-state index in [4.69, 9.17) is 0 Å². The number of anilines is 1. The van der Waals surface area contributed by atoms with Crippen LogP contribution in [0.3, 0.4) is 0 Å². The molecule has 3 fully saturated rings. The Hall–Kier alpha value is -2.86. The van der Waals surface area contributed by atoms with Gasteiger partial charge in [-0.1, -0.05) is 37.3 Å². The Morgan fingerprint density at radius 1 is 1.22 bits per heavy atom. The van der Waals surface area contributed by atoms with Crippen LogP contribution in [-0.2, 0) is 11.2 Å². The molecule has 1 saturated carbocycles. The number of nitrogens with zero attached hydrogens (tertiary/aromatic N) is 2. The van der Waals surface area contributed by atoms with Crippen LogP contribution >= 0.6 is 0 Å². The number of carbonyl (C=O) groups excluding carboxylic acids is 1. The largest absolute Gasteiger partial charge is 0.389 e. The maximum Gasteiger partial charge on any atom is 0.225 e. The first-order valence-electron chi connectivity index (χ1n) is 11.8. The molecule has 32 heavy (non-hydrogen) atoms. The smallest absolute Gasteiger partial charge is 0.225 e. The first-order chi connectivity index (χ1) is 15.5. The van der Waals surface area contributed by atoms with Crippen LogP contribution in [-0.4, -0.2) is 45.7 Å². The van der Waals surface area contributed by atoms with E-state index < -0.39 is 11.5 Å². The van der Waals surface area contributed by atoms with Gasteiger partial charge in [-0.05, 0) is 49.9 Å². The third-order valence-electron chi connectivity index (χ3n) is 7.53. The van der Waals surface area contributed by atoms with Crippen molar-refractivity contribution in [1.29, 1.82) is 0 Å². The Morgan fingerprint density at radius 2 is 2.00 bits per heavy atom. The zero-order valence-corrected chi connectivity index (χ0v) is 18.6. The predicted octanol–water partition coefficient (Wildman–Crippen LogP) is 3.67. The summed E-state index contributed by atoms with van der Waals surface area (Å²) in [7, 11) is 0. The van der Waals surface area contributed by atoms with Crippen molar-refractivity contribution in [2.75, 3.05) is 18.0 Å². The summed E-state index contributed by atoms with van der Waals surface area (Å²) in [6.07, 6.45) is 4.30. The molecule has 3 N–H and O–H groups in total. The van der Waals surface area contributed by atoms with Gasteiger partial charge in [-0.2, -0.15) is 0 Å². The summed E-state index contributed by atoms with van der Waals surface area (Å²) in [5.74, 6) is 0.595. The summed E-state index contributed by atoms with van der Waals surface area (Å²) in [6, 6.07) is 18.7. The molecule has 2 aliphatic heterocycles. The minimum atomic E-state index is -0.934. The molecule has 2 aromatic carbocycles. The number of hydrogen-bond acceptors (Lipinski definition) is 4. The lowest BCUT2D eigenvalue weighted by atomic mass is 9.63. The minimum absolute atomic E-state index is 0.0454. The van der Waals surface area contributed by atoms with E-state index in [0.29, 0.717) is 13.0 Å². The van der Waals surface area contributed by atoms with Crippen molar-refractivity contribution in [2.45, 2.75) is 50.7 Å². The number of para-hydroxylation sites is 3. The molecule has 1 aliphatic carbocycles. The number of carbonyl (C=O) groups is 1. The molecule has 6 rings (SSSR count). The summed E-state index contributed by atoms with van der Waals surface area (Å²) in [5, 5.41) is 14.6. The molecule has 6 heteroatoms. The summed E-state index contributed by atoms with van der Waals surface area (Å²) in [4.78, 5) is 23.3. The van der Waals surface area contributed by atoms with Gasteiger partial charge in [0.2, 0.25) is 5.91 Å². The highest BCUT2D eigenvalue weighted by molar-refractivity contribution is 5.79. The number of rotatable bonds is 7. The molecule has 2 bridgehead atoms. The number of nitrogens with one attached hydrogen (secondary N) is 2. The van der Waals surface area contributed by atoms with E-state index in [9.17, 15) is 9.90 Å². The molecule has 2 saturated heterocycles. The van der Waals surface area contributed by atoms with Crippen molar-refractivity contribution < 1.29 is 9.90 Å². The summed E-state index contributed by atoms with van der Waals surface area (Å²) < 4.78 is 0.